The quantitative estimate of drug-likeness (QED) is 0.834. The monoisotopic (exact) mass is 364 g/mol. The van der Waals surface area contributed by atoms with Crippen molar-refractivity contribution in [1.29, 1.82) is 0 Å². The predicted octanol–water partition coefficient (Wildman–Crippen LogP) is 3.24. The molecular weight excluding hydrogens is 336 g/mol. The highest BCUT2D eigenvalue weighted by atomic mass is 32.2. The minimum absolute atomic E-state index is 0.0369. The van der Waals surface area contributed by atoms with Crippen molar-refractivity contribution < 1.29 is 13.2 Å². The van der Waals surface area contributed by atoms with Crippen LogP contribution >= 0.6 is 0 Å². The number of hydrogen-bond acceptors (Lipinski definition) is 3. The summed E-state index contributed by atoms with van der Waals surface area (Å²) in [5.41, 5.74) is 2.33. The number of amides is 1. The van der Waals surface area contributed by atoms with Crippen molar-refractivity contribution in [1.82, 2.24) is 5.32 Å². The highest BCUT2D eigenvalue weighted by molar-refractivity contribution is 7.92. The predicted molar refractivity (Wildman–Crippen MR) is 101 cm³/mol. The van der Waals surface area contributed by atoms with E-state index in [0.717, 1.165) is 36.9 Å². The zero-order valence-electron chi connectivity index (χ0n) is 15.0. The van der Waals surface area contributed by atoms with Gasteiger partial charge in [0.05, 0.1) is 11.4 Å². The minimum atomic E-state index is -3.26. The van der Waals surface area contributed by atoms with E-state index in [0.29, 0.717) is 12.1 Å². The molecule has 1 heterocycles. The number of carbonyl (C=O) groups excluding carboxylic acids is 1. The Morgan fingerprint density at radius 2 is 1.88 bits per heavy atom. The molecule has 25 heavy (non-hydrogen) atoms. The highest BCUT2D eigenvalue weighted by Gasteiger charge is 2.27. The van der Waals surface area contributed by atoms with Gasteiger partial charge >= 0.3 is 0 Å². The fraction of sp³-hybridized carbons (Fsp3) is 0.632. The van der Waals surface area contributed by atoms with Crippen molar-refractivity contribution in [2.45, 2.75) is 64.3 Å². The van der Waals surface area contributed by atoms with E-state index in [2.05, 4.69) is 5.32 Å². The van der Waals surface area contributed by atoms with Crippen LogP contribution in [0.25, 0.3) is 0 Å². The number of rotatable bonds is 4. The molecule has 5 nitrogen and oxygen atoms in total. The lowest BCUT2D eigenvalue weighted by molar-refractivity contribution is 0.0933. The van der Waals surface area contributed by atoms with Crippen LogP contribution in [0.5, 0.6) is 0 Å². The number of benzene rings is 1. The van der Waals surface area contributed by atoms with Crippen LogP contribution in [0.4, 0.5) is 5.69 Å². The molecule has 1 amide bonds. The zero-order chi connectivity index (χ0) is 17.9. The fourth-order valence-corrected chi connectivity index (χ4v) is 5.04. The van der Waals surface area contributed by atoms with Gasteiger partial charge in [-0.15, -0.1) is 0 Å². The second kappa shape index (κ2) is 7.77. The van der Waals surface area contributed by atoms with Crippen LogP contribution in [-0.4, -0.2) is 32.7 Å². The third-order valence-electron chi connectivity index (χ3n) is 5.31. The van der Waals surface area contributed by atoms with Crippen molar-refractivity contribution in [3.63, 3.8) is 0 Å². The van der Waals surface area contributed by atoms with Gasteiger partial charge in [0, 0.05) is 18.2 Å². The number of sulfonamides is 1. The van der Waals surface area contributed by atoms with Gasteiger partial charge in [0.15, 0.2) is 0 Å². The summed E-state index contributed by atoms with van der Waals surface area (Å²) in [6.45, 7) is 2.19. The molecule has 6 heteroatoms. The van der Waals surface area contributed by atoms with Crippen molar-refractivity contribution in [3.05, 3.63) is 29.3 Å². The van der Waals surface area contributed by atoms with Crippen molar-refractivity contribution in [2.24, 2.45) is 0 Å². The molecule has 0 aromatic heterocycles. The molecule has 1 aliphatic heterocycles. The number of aryl methyl sites for hydroxylation is 1. The molecule has 1 aromatic rings. The molecule has 3 rings (SSSR count). The van der Waals surface area contributed by atoms with Crippen LogP contribution in [0.2, 0.25) is 0 Å². The van der Waals surface area contributed by atoms with Crippen LogP contribution in [0.1, 0.15) is 67.8 Å². The van der Waals surface area contributed by atoms with E-state index >= 15 is 0 Å². The highest BCUT2D eigenvalue weighted by Crippen LogP contribution is 2.30. The molecule has 0 saturated heterocycles. The first-order chi connectivity index (χ1) is 12.0. The summed E-state index contributed by atoms with van der Waals surface area (Å²) < 4.78 is 26.1. The molecule has 0 atom stereocenters. The van der Waals surface area contributed by atoms with E-state index in [9.17, 15) is 13.2 Å². The van der Waals surface area contributed by atoms with Gasteiger partial charge in [0.1, 0.15) is 0 Å². The Morgan fingerprint density at radius 1 is 1.16 bits per heavy atom. The van der Waals surface area contributed by atoms with E-state index in [4.69, 9.17) is 0 Å². The maximum absolute atomic E-state index is 12.6. The largest absolute Gasteiger partial charge is 0.349 e. The maximum atomic E-state index is 12.6. The summed E-state index contributed by atoms with van der Waals surface area (Å²) in [5, 5.41) is 3.16. The molecular formula is C19H28N2O3S. The first-order valence-corrected chi connectivity index (χ1v) is 11.1. The van der Waals surface area contributed by atoms with Crippen molar-refractivity contribution in [3.8, 4) is 0 Å². The van der Waals surface area contributed by atoms with Crippen molar-refractivity contribution >= 4 is 21.6 Å². The Hall–Kier alpha value is -1.56. The summed E-state index contributed by atoms with van der Waals surface area (Å²) in [4.78, 5) is 12.6. The van der Waals surface area contributed by atoms with Crippen molar-refractivity contribution in [2.75, 3.05) is 16.6 Å². The second-order valence-electron chi connectivity index (χ2n) is 7.08. The van der Waals surface area contributed by atoms with Gasteiger partial charge in [0.2, 0.25) is 10.0 Å². The maximum Gasteiger partial charge on any atom is 0.251 e. The van der Waals surface area contributed by atoms with E-state index in [1.807, 2.05) is 6.07 Å². The number of nitrogens with zero attached hydrogens (tertiary/aromatic N) is 1. The van der Waals surface area contributed by atoms with Gasteiger partial charge in [-0.2, -0.15) is 0 Å². The van der Waals surface area contributed by atoms with Crippen LogP contribution in [0.3, 0.4) is 0 Å². The standard InChI is InChI=1S/C19H28N2O3S/c1-2-25(23,24)21-13-7-8-15-14-16(11-12-18(15)21)19(22)20-17-9-5-3-4-6-10-17/h11-12,14,17H,2-10,13H2,1H3,(H,20,22). The lowest BCUT2D eigenvalue weighted by Crippen LogP contribution is -2.37. The zero-order valence-corrected chi connectivity index (χ0v) is 15.8. The third kappa shape index (κ3) is 4.17. The Morgan fingerprint density at radius 3 is 2.56 bits per heavy atom. The summed E-state index contributed by atoms with van der Waals surface area (Å²) in [6, 6.07) is 5.69. The summed E-state index contributed by atoms with van der Waals surface area (Å²) >= 11 is 0. The van der Waals surface area contributed by atoms with Gasteiger partial charge in [-0.25, -0.2) is 8.42 Å². The average molecular weight is 365 g/mol. The van der Waals surface area contributed by atoms with Gasteiger partial charge in [-0.3, -0.25) is 9.10 Å². The number of hydrogen-bond donors (Lipinski definition) is 1. The summed E-state index contributed by atoms with van der Waals surface area (Å²) in [5.74, 6) is 0.0567. The lowest BCUT2D eigenvalue weighted by Gasteiger charge is -2.30. The van der Waals surface area contributed by atoms with E-state index in [1.165, 1.54) is 30.0 Å². The SMILES string of the molecule is CCS(=O)(=O)N1CCCc2cc(C(=O)NC3CCCCCC3)ccc21. The van der Waals surface area contributed by atoms with E-state index < -0.39 is 10.0 Å². The normalized spacial score (nSPS) is 19.2. The Bertz CT molecular complexity index is 722. The second-order valence-corrected chi connectivity index (χ2v) is 9.26. The molecule has 1 N–H and O–H groups in total. The molecule has 2 aliphatic rings. The lowest BCUT2D eigenvalue weighted by atomic mass is 10.00. The van der Waals surface area contributed by atoms with E-state index in [1.54, 1.807) is 19.1 Å². The molecule has 1 aliphatic carbocycles. The van der Waals surface area contributed by atoms with Gasteiger partial charge in [0.25, 0.3) is 5.91 Å². The fourth-order valence-electron chi connectivity index (χ4n) is 3.84. The summed E-state index contributed by atoms with van der Waals surface area (Å²) in [7, 11) is -3.26. The van der Waals surface area contributed by atoms with Gasteiger partial charge in [-0.05, 0) is 56.4 Å². The molecule has 138 valence electrons. The third-order valence-corrected chi connectivity index (χ3v) is 7.09. The summed E-state index contributed by atoms with van der Waals surface area (Å²) in [6.07, 6.45) is 8.59. The molecule has 0 bridgehead atoms. The number of nitrogens with one attached hydrogen (secondary N) is 1. The molecule has 1 saturated carbocycles. The van der Waals surface area contributed by atoms with E-state index in [-0.39, 0.29) is 17.7 Å². The Kier molecular flexibility index (Phi) is 5.67. The van der Waals surface area contributed by atoms with Crippen LogP contribution in [0.15, 0.2) is 18.2 Å². The van der Waals surface area contributed by atoms with Crippen LogP contribution in [-0.2, 0) is 16.4 Å². The first-order valence-electron chi connectivity index (χ1n) is 9.45. The average Bonchev–Trinajstić information content (AvgIpc) is 2.89. The topological polar surface area (TPSA) is 66.5 Å². The molecule has 0 unspecified atom stereocenters. The van der Waals surface area contributed by atoms with Crippen LogP contribution < -0.4 is 9.62 Å². The van der Waals surface area contributed by atoms with Gasteiger partial charge in [-0.1, -0.05) is 25.7 Å². The number of anilines is 1. The Labute approximate surface area is 150 Å². The number of carbonyl (C=O) groups is 1. The molecule has 0 radical (unpaired) electrons. The molecule has 1 aromatic carbocycles. The molecule has 1 fully saturated rings. The smallest absolute Gasteiger partial charge is 0.251 e. The first kappa shape index (κ1) is 18.2. The Balaban J connectivity index is 1.77. The van der Waals surface area contributed by atoms with Crippen LogP contribution in [0, 0.1) is 0 Å². The van der Waals surface area contributed by atoms with Gasteiger partial charge < -0.3 is 5.32 Å². The number of fused-ring (bicyclic) bond motifs is 1. The molecule has 0 spiro atoms. The minimum Gasteiger partial charge on any atom is -0.349 e.